The second-order valence-electron chi connectivity index (χ2n) is 4.73. The van der Waals surface area contributed by atoms with Crippen LogP contribution in [0.5, 0.6) is 0 Å². The van der Waals surface area contributed by atoms with Crippen molar-refractivity contribution in [1.82, 2.24) is 4.98 Å². The van der Waals surface area contributed by atoms with Gasteiger partial charge in [-0.2, -0.15) is 5.26 Å². The van der Waals surface area contributed by atoms with Gasteiger partial charge in [-0.15, -0.1) is 11.3 Å². The van der Waals surface area contributed by atoms with Crippen molar-refractivity contribution in [2.24, 2.45) is 11.3 Å². The third-order valence-electron chi connectivity index (χ3n) is 3.47. The Morgan fingerprint density at radius 2 is 2.33 bits per heavy atom. The van der Waals surface area contributed by atoms with E-state index in [9.17, 15) is 5.26 Å². The van der Waals surface area contributed by atoms with Crippen LogP contribution in [0.3, 0.4) is 0 Å². The summed E-state index contributed by atoms with van der Waals surface area (Å²) in [5.41, 5.74) is 2.82. The van der Waals surface area contributed by atoms with E-state index in [2.05, 4.69) is 23.4 Å². The Labute approximate surface area is 95.0 Å². The summed E-state index contributed by atoms with van der Waals surface area (Å²) >= 11 is 1.62. The molecular formula is C12H16N2S. The predicted molar refractivity (Wildman–Crippen MR) is 61.5 cm³/mol. The minimum Gasteiger partial charge on any atom is -0.250 e. The molecule has 0 saturated heterocycles. The summed E-state index contributed by atoms with van der Waals surface area (Å²) in [6.07, 6.45) is 5.32. The SMILES string of the molecule is CC1CCC(C#N)(Cc2cscn2)CC1. The smallest absolute Gasteiger partial charge is 0.0794 e. The molecule has 3 heteroatoms. The van der Waals surface area contributed by atoms with E-state index in [0.29, 0.717) is 0 Å². The van der Waals surface area contributed by atoms with Gasteiger partial charge in [-0.25, -0.2) is 4.98 Å². The first-order valence-corrected chi connectivity index (χ1v) is 6.47. The first-order chi connectivity index (χ1) is 7.24. The van der Waals surface area contributed by atoms with Gasteiger partial charge in [0.15, 0.2) is 0 Å². The van der Waals surface area contributed by atoms with E-state index < -0.39 is 0 Å². The maximum Gasteiger partial charge on any atom is 0.0794 e. The second-order valence-corrected chi connectivity index (χ2v) is 5.45. The molecule has 0 amide bonds. The number of nitrogens with zero attached hydrogens (tertiary/aromatic N) is 2. The predicted octanol–water partition coefficient (Wildman–Crippen LogP) is 3.41. The average molecular weight is 220 g/mol. The zero-order valence-electron chi connectivity index (χ0n) is 9.07. The molecule has 0 aromatic carbocycles. The van der Waals surface area contributed by atoms with Crippen LogP contribution in [0.15, 0.2) is 10.9 Å². The Morgan fingerprint density at radius 1 is 1.60 bits per heavy atom. The normalized spacial score (nSPS) is 31.1. The van der Waals surface area contributed by atoms with E-state index >= 15 is 0 Å². The summed E-state index contributed by atoms with van der Waals surface area (Å²) in [7, 11) is 0. The van der Waals surface area contributed by atoms with E-state index in [1.54, 1.807) is 11.3 Å². The van der Waals surface area contributed by atoms with Crippen LogP contribution in [0.4, 0.5) is 0 Å². The van der Waals surface area contributed by atoms with Gasteiger partial charge in [-0.3, -0.25) is 0 Å². The van der Waals surface area contributed by atoms with Gasteiger partial charge in [-0.05, 0) is 31.6 Å². The molecule has 0 unspecified atom stereocenters. The Morgan fingerprint density at radius 3 is 2.87 bits per heavy atom. The minimum atomic E-state index is -0.124. The summed E-state index contributed by atoms with van der Waals surface area (Å²) in [6.45, 7) is 2.28. The van der Waals surface area contributed by atoms with Crippen LogP contribution >= 0.6 is 11.3 Å². The monoisotopic (exact) mass is 220 g/mol. The molecule has 0 atom stereocenters. The van der Waals surface area contributed by atoms with E-state index in [-0.39, 0.29) is 5.41 Å². The first kappa shape index (κ1) is 10.6. The molecule has 1 saturated carbocycles. The van der Waals surface area contributed by atoms with Crippen LogP contribution in [0.2, 0.25) is 0 Å². The number of rotatable bonds is 2. The molecule has 1 aromatic heterocycles. The molecule has 1 aliphatic carbocycles. The van der Waals surface area contributed by atoms with Gasteiger partial charge >= 0.3 is 0 Å². The highest BCUT2D eigenvalue weighted by Crippen LogP contribution is 2.40. The van der Waals surface area contributed by atoms with Gasteiger partial charge in [0.1, 0.15) is 0 Å². The molecule has 1 heterocycles. The summed E-state index contributed by atoms with van der Waals surface area (Å²) < 4.78 is 0. The zero-order chi connectivity index (χ0) is 10.7. The molecule has 1 fully saturated rings. The van der Waals surface area contributed by atoms with Crippen LogP contribution in [0, 0.1) is 22.7 Å². The molecule has 1 aliphatic rings. The molecule has 0 N–H and O–H groups in total. The van der Waals surface area contributed by atoms with E-state index in [1.807, 2.05) is 5.51 Å². The Bertz CT molecular complexity index is 342. The molecule has 0 radical (unpaired) electrons. The molecule has 0 bridgehead atoms. The lowest BCUT2D eigenvalue weighted by molar-refractivity contribution is 0.217. The number of thiazole rings is 1. The summed E-state index contributed by atoms with van der Waals surface area (Å²) in [6, 6.07) is 2.54. The number of aromatic nitrogens is 1. The van der Waals surface area contributed by atoms with E-state index in [1.165, 1.54) is 12.8 Å². The van der Waals surface area contributed by atoms with Crippen molar-refractivity contribution >= 4 is 11.3 Å². The fraction of sp³-hybridized carbons (Fsp3) is 0.667. The number of hydrogen-bond acceptors (Lipinski definition) is 3. The van der Waals surface area contributed by atoms with Crippen molar-refractivity contribution in [3.8, 4) is 6.07 Å². The third-order valence-corrected chi connectivity index (χ3v) is 4.11. The van der Waals surface area contributed by atoms with Gasteiger partial charge < -0.3 is 0 Å². The van der Waals surface area contributed by atoms with Gasteiger partial charge in [0.25, 0.3) is 0 Å². The lowest BCUT2D eigenvalue weighted by atomic mass is 9.69. The highest BCUT2D eigenvalue weighted by atomic mass is 32.1. The van der Waals surface area contributed by atoms with Crippen molar-refractivity contribution < 1.29 is 0 Å². The maximum absolute atomic E-state index is 9.35. The lowest BCUT2D eigenvalue weighted by Gasteiger charge is -2.33. The topological polar surface area (TPSA) is 36.7 Å². The molecule has 2 rings (SSSR count). The minimum absolute atomic E-state index is 0.124. The van der Waals surface area contributed by atoms with Crippen LogP contribution in [-0.4, -0.2) is 4.98 Å². The Hall–Kier alpha value is -0.880. The summed E-state index contributed by atoms with van der Waals surface area (Å²) in [4.78, 5) is 4.29. The average Bonchev–Trinajstić information content (AvgIpc) is 2.75. The van der Waals surface area contributed by atoms with Gasteiger partial charge in [0.2, 0.25) is 0 Å². The zero-order valence-corrected chi connectivity index (χ0v) is 9.89. The summed E-state index contributed by atoms with van der Waals surface area (Å²) in [5.74, 6) is 0.793. The van der Waals surface area contributed by atoms with Crippen LogP contribution in [-0.2, 0) is 6.42 Å². The third kappa shape index (κ3) is 2.38. The highest BCUT2D eigenvalue weighted by molar-refractivity contribution is 7.07. The van der Waals surface area contributed by atoms with E-state index in [0.717, 1.165) is 30.9 Å². The van der Waals surface area contributed by atoms with E-state index in [4.69, 9.17) is 0 Å². The maximum atomic E-state index is 9.35. The molecule has 15 heavy (non-hydrogen) atoms. The fourth-order valence-electron chi connectivity index (χ4n) is 2.31. The molecule has 0 spiro atoms. The van der Waals surface area contributed by atoms with Crippen LogP contribution in [0.1, 0.15) is 38.3 Å². The van der Waals surface area contributed by atoms with Crippen molar-refractivity contribution in [2.45, 2.75) is 39.0 Å². The lowest BCUT2D eigenvalue weighted by Crippen LogP contribution is -2.27. The highest BCUT2D eigenvalue weighted by Gasteiger charge is 2.34. The molecule has 1 aromatic rings. The standard InChI is InChI=1S/C12H16N2S/c1-10-2-4-12(8-13,5-3-10)6-11-7-15-9-14-11/h7,9-10H,2-6H2,1H3. The van der Waals surface area contributed by atoms with Crippen molar-refractivity contribution in [2.75, 3.05) is 0 Å². The number of nitriles is 1. The van der Waals surface area contributed by atoms with Gasteiger partial charge in [0, 0.05) is 11.8 Å². The quantitative estimate of drug-likeness (QED) is 0.766. The van der Waals surface area contributed by atoms with Crippen molar-refractivity contribution in [3.05, 3.63) is 16.6 Å². The van der Waals surface area contributed by atoms with Gasteiger partial charge in [0.05, 0.1) is 22.7 Å². The van der Waals surface area contributed by atoms with Crippen molar-refractivity contribution in [1.29, 1.82) is 5.26 Å². The molecule has 2 nitrogen and oxygen atoms in total. The van der Waals surface area contributed by atoms with Crippen molar-refractivity contribution in [3.63, 3.8) is 0 Å². The van der Waals surface area contributed by atoms with Gasteiger partial charge in [-0.1, -0.05) is 6.92 Å². The fourth-order valence-corrected chi connectivity index (χ4v) is 2.87. The van der Waals surface area contributed by atoms with Crippen LogP contribution < -0.4 is 0 Å². The molecule has 80 valence electrons. The first-order valence-electron chi connectivity index (χ1n) is 5.52. The summed E-state index contributed by atoms with van der Waals surface area (Å²) in [5, 5.41) is 11.4. The molecule has 0 aliphatic heterocycles. The second kappa shape index (κ2) is 4.32. The van der Waals surface area contributed by atoms with Crippen LogP contribution in [0.25, 0.3) is 0 Å². The molecular weight excluding hydrogens is 204 g/mol. The Balaban J connectivity index is 2.07. The Kier molecular flexibility index (Phi) is 3.06. The largest absolute Gasteiger partial charge is 0.250 e. The number of hydrogen-bond donors (Lipinski definition) is 0.